The smallest absolute Gasteiger partial charge is 0.240 e. The average Bonchev–Trinajstić information content (AvgIpc) is 3.22. The highest BCUT2D eigenvalue weighted by molar-refractivity contribution is 9.10. The maximum atomic E-state index is 12.3. The first-order chi connectivity index (χ1) is 9.83. The van der Waals surface area contributed by atoms with E-state index in [9.17, 15) is 13.2 Å². The van der Waals surface area contributed by atoms with Gasteiger partial charge in [-0.3, -0.25) is 4.79 Å². The van der Waals surface area contributed by atoms with E-state index in [1.54, 1.807) is 6.07 Å². The number of benzene rings is 1. The SMILES string of the molecule is CC(=O)Nc1ccc(S(=O)(=O)NC(CN)C2CC2)cc1Br.Cl. The van der Waals surface area contributed by atoms with Gasteiger partial charge < -0.3 is 11.1 Å². The molecule has 1 aliphatic carbocycles. The lowest BCUT2D eigenvalue weighted by molar-refractivity contribution is -0.114. The van der Waals surface area contributed by atoms with Crippen LogP contribution in [-0.4, -0.2) is 26.9 Å². The number of halogens is 2. The molecule has 9 heteroatoms. The summed E-state index contributed by atoms with van der Waals surface area (Å²) in [4.78, 5) is 11.2. The number of rotatable bonds is 6. The molecular formula is C13H19BrClN3O3S. The first-order valence-electron chi connectivity index (χ1n) is 6.63. The fraction of sp³-hybridized carbons (Fsp3) is 0.462. The normalized spacial score (nSPS) is 15.8. The van der Waals surface area contributed by atoms with Crippen LogP contribution in [0.5, 0.6) is 0 Å². The second-order valence-electron chi connectivity index (χ2n) is 5.12. The largest absolute Gasteiger partial charge is 0.329 e. The molecule has 124 valence electrons. The summed E-state index contributed by atoms with van der Waals surface area (Å²) in [6.07, 6.45) is 2.02. The Morgan fingerprint density at radius 1 is 1.45 bits per heavy atom. The number of carbonyl (C=O) groups is 1. The topological polar surface area (TPSA) is 101 Å². The van der Waals surface area contributed by atoms with Crippen LogP contribution in [0.1, 0.15) is 19.8 Å². The van der Waals surface area contributed by atoms with Crippen molar-refractivity contribution in [3.63, 3.8) is 0 Å². The lowest BCUT2D eigenvalue weighted by Crippen LogP contribution is -2.41. The molecule has 0 spiro atoms. The minimum atomic E-state index is -3.62. The number of sulfonamides is 1. The van der Waals surface area contributed by atoms with Crippen molar-refractivity contribution < 1.29 is 13.2 Å². The molecule has 1 saturated carbocycles. The molecule has 1 aromatic rings. The van der Waals surface area contributed by atoms with Crippen molar-refractivity contribution in [1.29, 1.82) is 0 Å². The second kappa shape index (κ2) is 7.74. The summed E-state index contributed by atoms with van der Waals surface area (Å²) in [5, 5.41) is 2.61. The van der Waals surface area contributed by atoms with Crippen molar-refractivity contribution >= 4 is 50.0 Å². The van der Waals surface area contributed by atoms with Gasteiger partial charge in [0.2, 0.25) is 15.9 Å². The third-order valence-corrected chi connectivity index (χ3v) is 5.46. The quantitative estimate of drug-likeness (QED) is 0.663. The highest BCUT2D eigenvalue weighted by Gasteiger charge is 2.33. The van der Waals surface area contributed by atoms with Crippen LogP contribution in [0.25, 0.3) is 0 Å². The second-order valence-corrected chi connectivity index (χ2v) is 7.69. The number of hydrogen-bond donors (Lipinski definition) is 3. The van der Waals surface area contributed by atoms with E-state index in [1.165, 1.54) is 19.1 Å². The van der Waals surface area contributed by atoms with E-state index >= 15 is 0 Å². The molecule has 1 aromatic carbocycles. The van der Waals surface area contributed by atoms with Crippen molar-refractivity contribution in [2.45, 2.75) is 30.7 Å². The predicted octanol–water partition coefficient (Wildman–Crippen LogP) is 1.84. The van der Waals surface area contributed by atoms with Gasteiger partial charge in [0.05, 0.1) is 10.6 Å². The van der Waals surface area contributed by atoms with Crippen LogP contribution in [0.15, 0.2) is 27.6 Å². The molecule has 1 amide bonds. The van der Waals surface area contributed by atoms with E-state index in [4.69, 9.17) is 5.73 Å². The van der Waals surface area contributed by atoms with Crippen LogP contribution >= 0.6 is 28.3 Å². The number of nitrogens with one attached hydrogen (secondary N) is 2. The van der Waals surface area contributed by atoms with Gasteiger partial charge >= 0.3 is 0 Å². The molecule has 0 saturated heterocycles. The van der Waals surface area contributed by atoms with E-state index in [0.717, 1.165) is 12.8 Å². The van der Waals surface area contributed by atoms with Gasteiger partial charge in [0.1, 0.15) is 0 Å². The number of carbonyl (C=O) groups excluding carboxylic acids is 1. The standard InChI is InChI=1S/C13H18BrN3O3S.ClH/c1-8(18)16-12-5-4-10(6-11(12)14)21(19,20)17-13(7-15)9-2-3-9;/h4-6,9,13,17H,2-3,7,15H2,1H3,(H,16,18);1H. The summed E-state index contributed by atoms with van der Waals surface area (Å²) in [5.41, 5.74) is 6.15. The fourth-order valence-electron chi connectivity index (χ4n) is 2.06. The van der Waals surface area contributed by atoms with Gasteiger partial charge in [-0.1, -0.05) is 0 Å². The zero-order valence-electron chi connectivity index (χ0n) is 12.0. The lowest BCUT2D eigenvalue weighted by atomic mass is 10.2. The summed E-state index contributed by atoms with van der Waals surface area (Å²) in [5.74, 6) is 0.119. The summed E-state index contributed by atoms with van der Waals surface area (Å²) < 4.78 is 27.8. The Hall–Kier alpha value is -0.670. The van der Waals surface area contributed by atoms with E-state index < -0.39 is 10.0 Å². The van der Waals surface area contributed by atoms with Gasteiger partial charge in [0, 0.05) is 24.0 Å². The maximum Gasteiger partial charge on any atom is 0.240 e. The molecule has 1 unspecified atom stereocenters. The summed E-state index contributed by atoms with van der Waals surface area (Å²) in [6.45, 7) is 1.68. The molecule has 1 atom stereocenters. The van der Waals surface area contributed by atoms with Gasteiger partial charge in [-0.25, -0.2) is 13.1 Å². The molecule has 22 heavy (non-hydrogen) atoms. The summed E-state index contributed by atoms with van der Waals surface area (Å²) in [6, 6.07) is 4.26. The molecule has 0 heterocycles. The number of nitrogens with two attached hydrogens (primary N) is 1. The van der Waals surface area contributed by atoms with Crippen molar-refractivity contribution in [3.05, 3.63) is 22.7 Å². The molecular weight excluding hydrogens is 394 g/mol. The molecule has 1 fully saturated rings. The maximum absolute atomic E-state index is 12.3. The average molecular weight is 413 g/mol. The number of hydrogen-bond acceptors (Lipinski definition) is 4. The zero-order chi connectivity index (χ0) is 15.6. The number of anilines is 1. The Kier molecular flexibility index (Phi) is 6.82. The van der Waals surface area contributed by atoms with Crippen LogP contribution in [0.3, 0.4) is 0 Å². The van der Waals surface area contributed by atoms with Crippen LogP contribution in [-0.2, 0) is 14.8 Å². The van der Waals surface area contributed by atoms with Gasteiger partial charge in [-0.15, -0.1) is 12.4 Å². The third-order valence-electron chi connectivity index (χ3n) is 3.31. The van der Waals surface area contributed by atoms with Crippen LogP contribution in [0, 0.1) is 5.92 Å². The summed E-state index contributed by atoms with van der Waals surface area (Å²) in [7, 11) is -3.62. The van der Waals surface area contributed by atoms with E-state index in [2.05, 4.69) is 26.0 Å². The van der Waals surface area contributed by atoms with E-state index in [-0.39, 0.29) is 35.8 Å². The summed E-state index contributed by atoms with van der Waals surface area (Å²) >= 11 is 3.26. The van der Waals surface area contributed by atoms with Crippen molar-refractivity contribution in [3.8, 4) is 0 Å². The van der Waals surface area contributed by atoms with Gasteiger partial charge in [-0.2, -0.15) is 0 Å². The minimum Gasteiger partial charge on any atom is -0.329 e. The first kappa shape index (κ1) is 19.4. The zero-order valence-corrected chi connectivity index (χ0v) is 15.2. The van der Waals surface area contributed by atoms with Gasteiger partial charge in [-0.05, 0) is 52.9 Å². The van der Waals surface area contributed by atoms with E-state index in [1.807, 2.05) is 0 Å². The monoisotopic (exact) mass is 411 g/mol. The fourth-order valence-corrected chi connectivity index (χ4v) is 4.03. The molecule has 0 aromatic heterocycles. The van der Waals surface area contributed by atoms with Gasteiger partial charge in [0.25, 0.3) is 0 Å². The Morgan fingerprint density at radius 2 is 2.09 bits per heavy atom. The molecule has 4 N–H and O–H groups in total. The van der Waals surface area contributed by atoms with Crippen LogP contribution < -0.4 is 15.8 Å². The number of amides is 1. The molecule has 6 nitrogen and oxygen atoms in total. The molecule has 1 aliphatic rings. The Bertz CT molecular complexity index is 650. The van der Waals surface area contributed by atoms with Crippen LogP contribution in [0.4, 0.5) is 5.69 Å². The third kappa shape index (κ3) is 4.92. The highest BCUT2D eigenvalue weighted by Crippen LogP contribution is 2.33. The highest BCUT2D eigenvalue weighted by atomic mass is 79.9. The van der Waals surface area contributed by atoms with Gasteiger partial charge in [0.15, 0.2) is 0 Å². The molecule has 2 rings (SSSR count). The Balaban J connectivity index is 0.00000242. The molecule has 0 aliphatic heterocycles. The first-order valence-corrected chi connectivity index (χ1v) is 8.90. The lowest BCUT2D eigenvalue weighted by Gasteiger charge is -2.16. The minimum absolute atomic E-state index is 0. The Labute approximate surface area is 144 Å². The van der Waals surface area contributed by atoms with Crippen molar-refractivity contribution in [1.82, 2.24) is 4.72 Å². The predicted molar refractivity (Wildman–Crippen MR) is 91.6 cm³/mol. The van der Waals surface area contributed by atoms with E-state index in [0.29, 0.717) is 16.1 Å². The Morgan fingerprint density at radius 3 is 2.55 bits per heavy atom. The van der Waals surface area contributed by atoms with Crippen molar-refractivity contribution in [2.75, 3.05) is 11.9 Å². The molecule has 0 bridgehead atoms. The molecule has 0 radical (unpaired) electrons. The van der Waals surface area contributed by atoms with Crippen LogP contribution in [0.2, 0.25) is 0 Å². The van der Waals surface area contributed by atoms with Crippen molar-refractivity contribution in [2.24, 2.45) is 11.7 Å².